The lowest BCUT2D eigenvalue weighted by molar-refractivity contribution is 0.0137. The largest absolute Gasteiger partial charge is 0.264 e. The molecule has 0 bridgehead atoms. The molecule has 1 saturated heterocycles. The van der Waals surface area contributed by atoms with Crippen molar-refractivity contribution < 1.29 is 17.2 Å². The molecule has 0 saturated carbocycles. The van der Waals surface area contributed by atoms with Crippen LogP contribution in [0.25, 0.3) is 0 Å². The standard InChI is InChI=1S/C4H7F2NO2S/c5-4(6)1-2-7-10(8,9)3-4/h7H,1-3H2. The van der Waals surface area contributed by atoms with E-state index in [1.54, 1.807) is 0 Å². The molecule has 3 nitrogen and oxygen atoms in total. The molecule has 1 heterocycles. The van der Waals surface area contributed by atoms with Gasteiger partial charge in [-0.2, -0.15) is 0 Å². The Balaban J connectivity index is 2.75. The smallest absolute Gasteiger partial charge is 0.215 e. The number of nitrogens with one attached hydrogen (secondary N) is 1. The monoisotopic (exact) mass is 171 g/mol. The lowest BCUT2D eigenvalue weighted by atomic mass is 10.3. The quantitative estimate of drug-likeness (QED) is 0.555. The van der Waals surface area contributed by atoms with E-state index < -0.39 is 28.1 Å². The maximum atomic E-state index is 12.3. The summed E-state index contributed by atoms with van der Waals surface area (Å²) in [6.07, 6.45) is -0.397. The Morgan fingerprint density at radius 1 is 1.40 bits per heavy atom. The molecule has 0 aliphatic carbocycles. The van der Waals surface area contributed by atoms with Crippen molar-refractivity contribution in [3.63, 3.8) is 0 Å². The number of alkyl halides is 2. The molecule has 60 valence electrons. The zero-order valence-corrected chi connectivity index (χ0v) is 5.92. The van der Waals surface area contributed by atoms with Crippen LogP contribution >= 0.6 is 0 Å². The highest BCUT2D eigenvalue weighted by Gasteiger charge is 2.38. The van der Waals surface area contributed by atoms with Crippen molar-refractivity contribution in [3.05, 3.63) is 0 Å². The lowest BCUT2D eigenvalue weighted by Gasteiger charge is -2.21. The van der Waals surface area contributed by atoms with Crippen LogP contribution in [-0.4, -0.2) is 26.6 Å². The van der Waals surface area contributed by atoms with Gasteiger partial charge in [-0.05, 0) is 0 Å². The molecule has 0 spiro atoms. The molecule has 1 aliphatic rings. The zero-order chi connectivity index (χ0) is 7.83. The van der Waals surface area contributed by atoms with E-state index in [2.05, 4.69) is 0 Å². The highest BCUT2D eigenvalue weighted by molar-refractivity contribution is 7.89. The molecule has 0 aromatic heterocycles. The fourth-order valence-corrected chi connectivity index (χ4v) is 2.01. The molecule has 1 rings (SSSR count). The van der Waals surface area contributed by atoms with Crippen molar-refractivity contribution in [1.82, 2.24) is 4.72 Å². The second-order valence-corrected chi connectivity index (χ2v) is 4.07. The van der Waals surface area contributed by atoms with Gasteiger partial charge in [-0.1, -0.05) is 0 Å². The summed E-state index contributed by atoms with van der Waals surface area (Å²) in [6.45, 7) is -0.157. The van der Waals surface area contributed by atoms with E-state index in [-0.39, 0.29) is 6.54 Å². The number of halogens is 2. The van der Waals surface area contributed by atoms with Crippen molar-refractivity contribution in [3.8, 4) is 0 Å². The Kier molecular flexibility index (Phi) is 1.68. The molecular formula is C4H7F2NO2S. The van der Waals surface area contributed by atoms with Crippen LogP contribution in [0, 0.1) is 0 Å². The van der Waals surface area contributed by atoms with Gasteiger partial charge in [-0.3, -0.25) is 0 Å². The van der Waals surface area contributed by atoms with Gasteiger partial charge in [0.15, 0.2) is 0 Å². The first kappa shape index (κ1) is 7.87. The maximum Gasteiger partial charge on any atom is 0.264 e. The predicted molar refractivity (Wildman–Crippen MR) is 31.4 cm³/mol. The van der Waals surface area contributed by atoms with E-state index in [1.807, 2.05) is 4.72 Å². The molecule has 0 amide bonds. The van der Waals surface area contributed by atoms with Gasteiger partial charge in [0.05, 0.1) is 0 Å². The van der Waals surface area contributed by atoms with Gasteiger partial charge >= 0.3 is 0 Å². The van der Waals surface area contributed by atoms with E-state index >= 15 is 0 Å². The first-order chi connectivity index (χ1) is 4.41. The molecule has 1 aliphatic heterocycles. The normalized spacial score (nSPS) is 29.8. The average molecular weight is 171 g/mol. The topological polar surface area (TPSA) is 46.2 Å². The summed E-state index contributed by atoms with van der Waals surface area (Å²) in [6, 6.07) is 0. The molecule has 0 aromatic rings. The Hall–Kier alpha value is -0.230. The summed E-state index contributed by atoms with van der Waals surface area (Å²) in [5.74, 6) is -4.11. The van der Waals surface area contributed by atoms with Gasteiger partial charge in [0.25, 0.3) is 5.92 Å². The van der Waals surface area contributed by atoms with Crippen LogP contribution < -0.4 is 4.72 Å². The molecule has 6 heteroatoms. The van der Waals surface area contributed by atoms with Gasteiger partial charge < -0.3 is 0 Å². The number of rotatable bonds is 0. The van der Waals surface area contributed by atoms with Crippen molar-refractivity contribution in [2.75, 3.05) is 12.3 Å². The summed E-state index contributed by atoms with van der Waals surface area (Å²) in [5.41, 5.74) is 0. The summed E-state index contributed by atoms with van der Waals surface area (Å²) in [4.78, 5) is 0. The zero-order valence-electron chi connectivity index (χ0n) is 5.10. The Morgan fingerprint density at radius 2 is 2.00 bits per heavy atom. The van der Waals surface area contributed by atoms with E-state index in [1.165, 1.54) is 0 Å². The third kappa shape index (κ3) is 1.88. The van der Waals surface area contributed by atoms with Crippen LogP contribution in [-0.2, 0) is 10.0 Å². The molecule has 1 N–H and O–H groups in total. The van der Waals surface area contributed by atoms with Crippen LogP contribution in [0.1, 0.15) is 6.42 Å². The molecule has 10 heavy (non-hydrogen) atoms. The molecular weight excluding hydrogens is 164 g/mol. The minimum atomic E-state index is -3.69. The fourth-order valence-electron chi connectivity index (χ4n) is 0.791. The van der Waals surface area contributed by atoms with Crippen LogP contribution in [0.5, 0.6) is 0 Å². The summed E-state index contributed by atoms with van der Waals surface area (Å²) in [7, 11) is -3.69. The highest BCUT2D eigenvalue weighted by Crippen LogP contribution is 2.22. The summed E-state index contributed by atoms with van der Waals surface area (Å²) < 4.78 is 47.5. The van der Waals surface area contributed by atoms with Crippen molar-refractivity contribution in [1.29, 1.82) is 0 Å². The van der Waals surface area contributed by atoms with Gasteiger partial charge in [0, 0.05) is 13.0 Å². The van der Waals surface area contributed by atoms with Crippen LogP contribution in [0.4, 0.5) is 8.78 Å². The van der Waals surface area contributed by atoms with Crippen LogP contribution in [0.3, 0.4) is 0 Å². The van der Waals surface area contributed by atoms with Crippen molar-refractivity contribution in [2.24, 2.45) is 0 Å². The van der Waals surface area contributed by atoms with Crippen LogP contribution in [0.15, 0.2) is 0 Å². The van der Waals surface area contributed by atoms with E-state index in [9.17, 15) is 17.2 Å². The third-order valence-electron chi connectivity index (χ3n) is 1.21. The SMILES string of the molecule is O=S1(=O)CC(F)(F)CCN1. The lowest BCUT2D eigenvalue weighted by Crippen LogP contribution is -2.44. The molecule has 0 atom stereocenters. The van der Waals surface area contributed by atoms with E-state index in [0.717, 1.165) is 0 Å². The summed E-state index contributed by atoms with van der Waals surface area (Å²) in [5, 5.41) is 0. The third-order valence-corrected chi connectivity index (χ3v) is 2.66. The highest BCUT2D eigenvalue weighted by atomic mass is 32.2. The summed E-state index contributed by atoms with van der Waals surface area (Å²) >= 11 is 0. The first-order valence-corrected chi connectivity index (χ1v) is 4.42. The molecule has 0 unspecified atom stereocenters. The number of hydrogen-bond donors (Lipinski definition) is 1. The Bertz CT molecular complexity index is 223. The molecule has 0 aromatic carbocycles. The minimum Gasteiger partial charge on any atom is -0.215 e. The molecule has 0 radical (unpaired) electrons. The second-order valence-electron chi connectivity index (χ2n) is 2.26. The van der Waals surface area contributed by atoms with E-state index in [0.29, 0.717) is 0 Å². The van der Waals surface area contributed by atoms with Gasteiger partial charge in [-0.25, -0.2) is 21.9 Å². The number of hydrogen-bond acceptors (Lipinski definition) is 2. The maximum absolute atomic E-state index is 12.3. The average Bonchev–Trinajstić information content (AvgIpc) is 1.56. The molecule has 1 fully saturated rings. The van der Waals surface area contributed by atoms with Crippen LogP contribution in [0.2, 0.25) is 0 Å². The predicted octanol–water partition coefficient (Wildman–Crippen LogP) is -0.0552. The fraction of sp³-hybridized carbons (Fsp3) is 1.00. The van der Waals surface area contributed by atoms with Crippen molar-refractivity contribution in [2.45, 2.75) is 12.3 Å². The Morgan fingerprint density at radius 3 is 2.30 bits per heavy atom. The minimum absolute atomic E-state index is 0.157. The number of sulfonamides is 1. The second kappa shape index (κ2) is 2.13. The van der Waals surface area contributed by atoms with Gasteiger partial charge in [0.1, 0.15) is 5.75 Å². The van der Waals surface area contributed by atoms with E-state index in [4.69, 9.17) is 0 Å². The van der Waals surface area contributed by atoms with Crippen molar-refractivity contribution >= 4 is 10.0 Å². The van der Waals surface area contributed by atoms with Gasteiger partial charge in [0.2, 0.25) is 10.0 Å². The van der Waals surface area contributed by atoms with Gasteiger partial charge in [-0.15, -0.1) is 0 Å². The first-order valence-electron chi connectivity index (χ1n) is 2.76. The Labute approximate surface area is 57.5 Å².